The number of halogens is 1. The Balaban J connectivity index is 1.79. The lowest BCUT2D eigenvalue weighted by molar-refractivity contribution is -0.123. The van der Waals surface area contributed by atoms with Gasteiger partial charge < -0.3 is 4.74 Å². The summed E-state index contributed by atoms with van der Waals surface area (Å²) in [6.45, 7) is 4.08. The second kappa shape index (κ2) is 5.44. The summed E-state index contributed by atoms with van der Waals surface area (Å²) < 4.78 is 21.3. The average Bonchev–Trinajstić information content (AvgIpc) is 2.98. The van der Waals surface area contributed by atoms with Gasteiger partial charge >= 0.3 is 0 Å². The molecule has 1 amide bonds. The van der Waals surface area contributed by atoms with E-state index in [1.165, 1.54) is 0 Å². The van der Waals surface area contributed by atoms with Crippen LogP contribution in [-0.2, 0) is 11.8 Å². The minimum absolute atomic E-state index is 0.126. The Bertz CT molecular complexity index is 726. The highest BCUT2D eigenvalue weighted by Gasteiger charge is 2.36. The molecule has 1 aromatic carbocycles. The van der Waals surface area contributed by atoms with E-state index in [4.69, 9.17) is 4.74 Å². The van der Waals surface area contributed by atoms with Crippen LogP contribution in [0.5, 0.6) is 5.75 Å². The number of carbonyl (C=O) groups is 1. The Morgan fingerprint density at radius 2 is 2.14 bits per heavy atom. The van der Waals surface area contributed by atoms with Gasteiger partial charge in [-0.05, 0) is 25.5 Å². The Kier molecular flexibility index (Phi) is 3.60. The second-order valence-electron chi connectivity index (χ2n) is 5.54. The minimum atomic E-state index is -0.661. The zero-order valence-corrected chi connectivity index (χ0v) is 12.8. The molecule has 2 heterocycles. The molecule has 1 saturated heterocycles. The van der Waals surface area contributed by atoms with Gasteiger partial charge in [-0.15, -0.1) is 0 Å². The maximum absolute atomic E-state index is 14.0. The van der Waals surface area contributed by atoms with E-state index in [9.17, 15) is 9.18 Å². The molecule has 1 aliphatic rings. The van der Waals surface area contributed by atoms with Gasteiger partial charge in [-0.3, -0.25) is 14.4 Å². The number of hydrogen-bond donors (Lipinski definition) is 0. The van der Waals surface area contributed by atoms with Gasteiger partial charge in [0, 0.05) is 26.1 Å². The lowest BCUT2D eigenvalue weighted by Gasteiger charge is -2.17. The summed E-state index contributed by atoms with van der Waals surface area (Å²) in [6, 6.07) is 6.79. The van der Waals surface area contributed by atoms with E-state index < -0.39 is 11.9 Å². The molecule has 6 heteroatoms. The summed E-state index contributed by atoms with van der Waals surface area (Å²) in [5.74, 6) is 0.286. The molecule has 1 aliphatic heterocycles. The summed E-state index contributed by atoms with van der Waals surface area (Å²) in [5, 5.41) is 4.25. The molecule has 1 aromatic heterocycles. The lowest BCUT2D eigenvalue weighted by atomic mass is 10.2. The van der Waals surface area contributed by atoms with Crippen LogP contribution >= 0.6 is 0 Å². The Labute approximate surface area is 128 Å². The molecule has 0 unspecified atom stereocenters. The van der Waals surface area contributed by atoms with Gasteiger partial charge in [-0.25, -0.2) is 4.39 Å². The van der Waals surface area contributed by atoms with Gasteiger partial charge in [-0.2, -0.15) is 5.10 Å². The van der Waals surface area contributed by atoms with E-state index >= 15 is 0 Å². The predicted octanol–water partition coefficient (Wildman–Crippen LogP) is 2.36. The number of benzene rings is 1. The lowest BCUT2D eigenvalue weighted by Crippen LogP contribution is -2.33. The molecule has 3 rings (SSSR count). The van der Waals surface area contributed by atoms with Gasteiger partial charge in [0.2, 0.25) is 0 Å². The third-order valence-corrected chi connectivity index (χ3v) is 3.84. The molecule has 2 aromatic rings. The molecule has 0 aliphatic carbocycles. The third kappa shape index (κ3) is 2.45. The molecular weight excluding hydrogens is 285 g/mol. The first-order valence-electron chi connectivity index (χ1n) is 7.21. The highest BCUT2D eigenvalue weighted by molar-refractivity contribution is 5.98. The fourth-order valence-corrected chi connectivity index (χ4v) is 2.70. The number of anilines is 1. The molecule has 5 nitrogen and oxygen atoms in total. The molecule has 0 N–H and O–H groups in total. The topological polar surface area (TPSA) is 47.4 Å². The van der Waals surface area contributed by atoms with Crippen molar-refractivity contribution in [2.24, 2.45) is 7.05 Å². The fraction of sp³-hybridized carbons (Fsp3) is 0.375. The van der Waals surface area contributed by atoms with E-state index in [2.05, 4.69) is 5.10 Å². The maximum Gasteiger partial charge on any atom is 0.269 e. The van der Waals surface area contributed by atoms with Crippen molar-refractivity contribution in [3.05, 3.63) is 41.3 Å². The standard InChI is InChI=1S/C16H18FN3O2/c1-10-5-4-6-12(15(10)17)22-13-7-8-20(16(13)21)14-9-11(2)18-19(14)3/h4-6,9,13H,7-8H2,1-3H3/t13-/m0/s1. The summed E-state index contributed by atoms with van der Waals surface area (Å²) in [4.78, 5) is 14.1. The van der Waals surface area contributed by atoms with Crippen LogP contribution in [0.4, 0.5) is 10.2 Å². The molecule has 0 spiro atoms. The van der Waals surface area contributed by atoms with E-state index in [1.54, 1.807) is 41.8 Å². The highest BCUT2D eigenvalue weighted by atomic mass is 19.1. The van der Waals surface area contributed by atoms with Crippen molar-refractivity contribution in [1.29, 1.82) is 0 Å². The van der Waals surface area contributed by atoms with Gasteiger partial charge in [-0.1, -0.05) is 12.1 Å². The Hall–Kier alpha value is -2.37. The van der Waals surface area contributed by atoms with Crippen LogP contribution < -0.4 is 9.64 Å². The molecule has 116 valence electrons. The zero-order chi connectivity index (χ0) is 15.9. The third-order valence-electron chi connectivity index (χ3n) is 3.84. The van der Waals surface area contributed by atoms with Crippen molar-refractivity contribution >= 4 is 11.7 Å². The predicted molar refractivity (Wildman–Crippen MR) is 80.5 cm³/mol. The molecule has 1 fully saturated rings. The monoisotopic (exact) mass is 303 g/mol. The van der Waals surface area contributed by atoms with Crippen LogP contribution in [0, 0.1) is 19.7 Å². The number of carbonyl (C=O) groups excluding carboxylic acids is 1. The van der Waals surface area contributed by atoms with Gasteiger partial charge in [0.1, 0.15) is 5.82 Å². The van der Waals surface area contributed by atoms with E-state index in [0.29, 0.717) is 18.5 Å². The Morgan fingerprint density at radius 1 is 1.36 bits per heavy atom. The SMILES string of the molecule is Cc1cc(N2CC[C@H](Oc3cccc(C)c3F)C2=O)n(C)n1. The van der Waals surface area contributed by atoms with Gasteiger partial charge in [0.25, 0.3) is 5.91 Å². The fourth-order valence-electron chi connectivity index (χ4n) is 2.70. The van der Waals surface area contributed by atoms with E-state index in [1.807, 2.05) is 13.0 Å². The number of aromatic nitrogens is 2. The molecule has 0 radical (unpaired) electrons. The van der Waals surface area contributed by atoms with E-state index in [0.717, 1.165) is 11.5 Å². The van der Waals surface area contributed by atoms with Crippen molar-refractivity contribution in [2.75, 3.05) is 11.4 Å². The Morgan fingerprint density at radius 3 is 2.82 bits per heavy atom. The van der Waals surface area contributed by atoms with Crippen molar-refractivity contribution in [1.82, 2.24) is 9.78 Å². The average molecular weight is 303 g/mol. The number of aryl methyl sites for hydroxylation is 3. The summed E-state index contributed by atoms with van der Waals surface area (Å²) >= 11 is 0. The van der Waals surface area contributed by atoms with Crippen LogP contribution in [0.15, 0.2) is 24.3 Å². The van der Waals surface area contributed by atoms with Crippen LogP contribution in [0.25, 0.3) is 0 Å². The normalized spacial score (nSPS) is 18.1. The van der Waals surface area contributed by atoms with E-state index in [-0.39, 0.29) is 11.7 Å². The largest absolute Gasteiger partial charge is 0.477 e. The maximum atomic E-state index is 14.0. The number of nitrogens with zero attached hydrogens (tertiary/aromatic N) is 3. The number of amides is 1. The number of ether oxygens (including phenoxy) is 1. The van der Waals surface area contributed by atoms with Crippen molar-refractivity contribution in [2.45, 2.75) is 26.4 Å². The first-order chi connectivity index (χ1) is 10.5. The first kappa shape index (κ1) is 14.6. The van der Waals surface area contributed by atoms with Crippen LogP contribution in [0.1, 0.15) is 17.7 Å². The van der Waals surface area contributed by atoms with Crippen molar-refractivity contribution in [3.8, 4) is 5.75 Å². The van der Waals surface area contributed by atoms with Crippen LogP contribution in [-0.4, -0.2) is 28.3 Å². The quantitative estimate of drug-likeness (QED) is 0.874. The molecule has 22 heavy (non-hydrogen) atoms. The minimum Gasteiger partial charge on any atom is -0.477 e. The van der Waals surface area contributed by atoms with Gasteiger partial charge in [0.15, 0.2) is 17.7 Å². The summed E-state index contributed by atoms with van der Waals surface area (Å²) in [6.07, 6.45) is -0.136. The van der Waals surface area contributed by atoms with Crippen molar-refractivity contribution in [3.63, 3.8) is 0 Å². The number of hydrogen-bond acceptors (Lipinski definition) is 3. The smallest absolute Gasteiger partial charge is 0.269 e. The van der Waals surface area contributed by atoms with Crippen LogP contribution in [0.2, 0.25) is 0 Å². The molecular formula is C16H18FN3O2. The first-order valence-corrected chi connectivity index (χ1v) is 7.21. The second-order valence-corrected chi connectivity index (χ2v) is 5.54. The van der Waals surface area contributed by atoms with Crippen LogP contribution in [0.3, 0.4) is 0 Å². The summed E-state index contributed by atoms with van der Waals surface area (Å²) in [5.41, 5.74) is 1.35. The van der Waals surface area contributed by atoms with Crippen molar-refractivity contribution < 1.29 is 13.9 Å². The highest BCUT2D eigenvalue weighted by Crippen LogP contribution is 2.27. The van der Waals surface area contributed by atoms with Gasteiger partial charge in [0.05, 0.1) is 5.69 Å². The zero-order valence-electron chi connectivity index (χ0n) is 12.8. The molecule has 0 bridgehead atoms. The summed E-state index contributed by atoms with van der Waals surface area (Å²) in [7, 11) is 1.80. The molecule has 1 atom stereocenters. The molecule has 0 saturated carbocycles. The number of rotatable bonds is 3.